The molecule has 0 saturated carbocycles. The number of carbonyl (C=O) groups is 1. The second-order valence-electron chi connectivity index (χ2n) is 3.35. The number of aliphatic carboxylic acids is 1. The molecule has 0 radical (unpaired) electrons. The van der Waals surface area contributed by atoms with Crippen molar-refractivity contribution in [1.82, 2.24) is 0 Å². The van der Waals surface area contributed by atoms with Gasteiger partial charge in [0, 0.05) is 4.88 Å². The van der Waals surface area contributed by atoms with Crippen LogP contribution in [0.5, 0.6) is 0 Å². The highest BCUT2D eigenvalue weighted by Crippen LogP contribution is 2.29. The van der Waals surface area contributed by atoms with Crippen LogP contribution in [0.3, 0.4) is 0 Å². The molecule has 0 aliphatic rings. The third-order valence-corrected chi connectivity index (χ3v) is 3.52. The van der Waals surface area contributed by atoms with Gasteiger partial charge in [0.25, 0.3) is 0 Å². The molecule has 3 N–H and O–H groups in total. The lowest BCUT2D eigenvalue weighted by molar-refractivity contribution is -0.142. The Morgan fingerprint density at radius 2 is 2.36 bits per heavy atom. The van der Waals surface area contributed by atoms with Crippen LogP contribution in [0.2, 0.25) is 0 Å². The molecule has 1 heterocycles. The predicted molar refractivity (Wildman–Crippen MR) is 57.4 cm³/mol. The van der Waals surface area contributed by atoms with E-state index in [1.54, 1.807) is 0 Å². The van der Waals surface area contributed by atoms with E-state index in [1.807, 2.05) is 25.3 Å². The van der Waals surface area contributed by atoms with Crippen molar-refractivity contribution in [2.24, 2.45) is 11.7 Å². The Morgan fingerprint density at radius 1 is 1.71 bits per heavy atom. The highest BCUT2D eigenvalue weighted by Gasteiger charge is 2.26. The van der Waals surface area contributed by atoms with Gasteiger partial charge in [0.05, 0.1) is 12.0 Å². The molecule has 3 nitrogen and oxygen atoms in total. The molecule has 78 valence electrons. The van der Waals surface area contributed by atoms with E-state index in [1.165, 1.54) is 11.3 Å². The van der Waals surface area contributed by atoms with Gasteiger partial charge in [-0.3, -0.25) is 4.79 Å². The van der Waals surface area contributed by atoms with Gasteiger partial charge in [-0.2, -0.15) is 0 Å². The average molecular weight is 213 g/mol. The second kappa shape index (κ2) is 4.57. The fourth-order valence-electron chi connectivity index (χ4n) is 1.49. The van der Waals surface area contributed by atoms with Crippen LogP contribution in [0.25, 0.3) is 0 Å². The molecule has 1 aromatic rings. The van der Waals surface area contributed by atoms with Crippen molar-refractivity contribution in [2.75, 3.05) is 0 Å². The number of carboxylic acid groups (broad SMARTS) is 1. The van der Waals surface area contributed by atoms with Gasteiger partial charge in [0.1, 0.15) is 0 Å². The standard InChI is InChI=1S/C10H15NO2S/c1-3-7(10(12)13)8(11)9-6(2)4-5-14-9/h4-5,7-8H,3,11H2,1-2H3,(H,12,13). The largest absolute Gasteiger partial charge is 0.481 e. The van der Waals surface area contributed by atoms with Crippen LogP contribution in [0.4, 0.5) is 0 Å². The molecule has 0 fully saturated rings. The summed E-state index contributed by atoms with van der Waals surface area (Å²) in [6, 6.07) is 1.59. The molecule has 0 aromatic carbocycles. The van der Waals surface area contributed by atoms with E-state index in [9.17, 15) is 4.79 Å². The maximum atomic E-state index is 10.9. The minimum absolute atomic E-state index is 0.377. The van der Waals surface area contributed by atoms with E-state index >= 15 is 0 Å². The topological polar surface area (TPSA) is 63.3 Å². The molecule has 0 aliphatic heterocycles. The number of hydrogen-bond acceptors (Lipinski definition) is 3. The predicted octanol–water partition coefficient (Wildman–Crippen LogP) is 2.17. The lowest BCUT2D eigenvalue weighted by Crippen LogP contribution is -2.27. The Balaban J connectivity index is 2.88. The van der Waals surface area contributed by atoms with Crippen LogP contribution in [-0.4, -0.2) is 11.1 Å². The molecular formula is C10H15NO2S. The number of thiophene rings is 1. The molecule has 0 saturated heterocycles. The first-order chi connectivity index (χ1) is 6.57. The summed E-state index contributed by atoms with van der Waals surface area (Å²) in [6.07, 6.45) is 0.563. The van der Waals surface area contributed by atoms with E-state index < -0.39 is 11.9 Å². The summed E-state index contributed by atoms with van der Waals surface area (Å²) in [5.41, 5.74) is 7.01. The number of carboxylic acids is 1. The number of aryl methyl sites for hydroxylation is 1. The van der Waals surface area contributed by atoms with Gasteiger partial charge in [-0.25, -0.2) is 0 Å². The Bertz CT molecular complexity index is 322. The number of rotatable bonds is 4. The van der Waals surface area contributed by atoms with Gasteiger partial charge >= 0.3 is 5.97 Å². The van der Waals surface area contributed by atoms with Crippen LogP contribution in [0.1, 0.15) is 29.8 Å². The SMILES string of the molecule is CCC(C(=O)O)C(N)c1sccc1C. The van der Waals surface area contributed by atoms with Crippen molar-refractivity contribution in [3.8, 4) is 0 Å². The second-order valence-corrected chi connectivity index (χ2v) is 4.29. The summed E-state index contributed by atoms with van der Waals surface area (Å²) >= 11 is 1.53. The van der Waals surface area contributed by atoms with Gasteiger partial charge in [-0.15, -0.1) is 11.3 Å². The van der Waals surface area contributed by atoms with Gasteiger partial charge < -0.3 is 10.8 Å². The summed E-state index contributed by atoms with van der Waals surface area (Å²) in [5.74, 6) is -1.29. The van der Waals surface area contributed by atoms with Gasteiger partial charge in [-0.05, 0) is 30.4 Å². The van der Waals surface area contributed by atoms with Crippen molar-refractivity contribution in [3.05, 3.63) is 21.9 Å². The van der Waals surface area contributed by atoms with E-state index in [2.05, 4.69) is 0 Å². The summed E-state index contributed by atoms with van der Waals surface area (Å²) in [5, 5.41) is 10.9. The monoisotopic (exact) mass is 213 g/mol. The Labute approximate surface area is 87.6 Å². The zero-order chi connectivity index (χ0) is 10.7. The van der Waals surface area contributed by atoms with Crippen molar-refractivity contribution in [1.29, 1.82) is 0 Å². The number of nitrogens with two attached hydrogens (primary N) is 1. The lowest BCUT2D eigenvalue weighted by atomic mass is 9.95. The Hall–Kier alpha value is -0.870. The van der Waals surface area contributed by atoms with Gasteiger partial charge in [0.2, 0.25) is 0 Å². The summed E-state index contributed by atoms with van der Waals surface area (Å²) in [6.45, 7) is 3.81. The van der Waals surface area contributed by atoms with Gasteiger partial charge in [0.15, 0.2) is 0 Å². The van der Waals surface area contributed by atoms with Crippen molar-refractivity contribution < 1.29 is 9.90 Å². The highest BCUT2D eigenvalue weighted by molar-refractivity contribution is 7.10. The van der Waals surface area contributed by atoms with Crippen molar-refractivity contribution >= 4 is 17.3 Å². The average Bonchev–Trinajstić information content (AvgIpc) is 2.51. The zero-order valence-corrected chi connectivity index (χ0v) is 9.17. The first-order valence-electron chi connectivity index (χ1n) is 4.60. The molecular weight excluding hydrogens is 198 g/mol. The molecule has 1 aromatic heterocycles. The number of hydrogen-bond donors (Lipinski definition) is 2. The lowest BCUT2D eigenvalue weighted by Gasteiger charge is -2.18. The summed E-state index contributed by atoms with van der Waals surface area (Å²) < 4.78 is 0. The van der Waals surface area contributed by atoms with Crippen LogP contribution >= 0.6 is 11.3 Å². The molecule has 2 unspecified atom stereocenters. The molecule has 4 heteroatoms. The van der Waals surface area contributed by atoms with Crippen LogP contribution in [0.15, 0.2) is 11.4 Å². The zero-order valence-electron chi connectivity index (χ0n) is 8.36. The Kier molecular flexibility index (Phi) is 3.66. The van der Waals surface area contributed by atoms with E-state index in [0.717, 1.165) is 10.4 Å². The third kappa shape index (κ3) is 2.13. The minimum Gasteiger partial charge on any atom is -0.481 e. The fourth-order valence-corrected chi connectivity index (χ4v) is 2.48. The summed E-state index contributed by atoms with van der Waals surface area (Å²) in [4.78, 5) is 11.9. The summed E-state index contributed by atoms with van der Waals surface area (Å²) in [7, 11) is 0. The normalized spacial score (nSPS) is 15.1. The van der Waals surface area contributed by atoms with Crippen LogP contribution in [0, 0.1) is 12.8 Å². The van der Waals surface area contributed by atoms with E-state index in [-0.39, 0.29) is 6.04 Å². The first-order valence-corrected chi connectivity index (χ1v) is 5.48. The first kappa shape index (κ1) is 11.2. The van der Waals surface area contributed by atoms with Gasteiger partial charge in [-0.1, -0.05) is 6.92 Å². The van der Waals surface area contributed by atoms with Crippen LogP contribution in [-0.2, 0) is 4.79 Å². The van der Waals surface area contributed by atoms with Crippen LogP contribution < -0.4 is 5.73 Å². The fraction of sp³-hybridized carbons (Fsp3) is 0.500. The Morgan fingerprint density at radius 3 is 2.71 bits per heavy atom. The van der Waals surface area contributed by atoms with E-state index in [4.69, 9.17) is 10.8 Å². The molecule has 0 spiro atoms. The molecule has 0 bridgehead atoms. The molecule has 14 heavy (non-hydrogen) atoms. The van der Waals surface area contributed by atoms with Crippen molar-refractivity contribution in [3.63, 3.8) is 0 Å². The molecule has 2 atom stereocenters. The van der Waals surface area contributed by atoms with E-state index in [0.29, 0.717) is 6.42 Å². The highest BCUT2D eigenvalue weighted by atomic mass is 32.1. The minimum atomic E-state index is -0.812. The molecule has 0 amide bonds. The third-order valence-electron chi connectivity index (χ3n) is 2.39. The maximum Gasteiger partial charge on any atom is 0.308 e. The molecule has 0 aliphatic carbocycles. The molecule has 1 rings (SSSR count). The smallest absolute Gasteiger partial charge is 0.308 e. The maximum absolute atomic E-state index is 10.9. The van der Waals surface area contributed by atoms with Crippen molar-refractivity contribution in [2.45, 2.75) is 26.3 Å². The quantitative estimate of drug-likeness (QED) is 0.805.